The first-order chi connectivity index (χ1) is 8.59. The number of aromatic amines is 1. The topological polar surface area (TPSA) is 66.1 Å². The molecule has 1 aromatic rings. The van der Waals surface area contributed by atoms with E-state index in [2.05, 4.69) is 10.2 Å². The fourth-order valence-electron chi connectivity index (χ4n) is 1.46. The summed E-state index contributed by atoms with van der Waals surface area (Å²) in [6.45, 7) is 1.16. The molecule has 0 saturated heterocycles. The Balaban J connectivity index is 3.21. The van der Waals surface area contributed by atoms with Crippen LogP contribution >= 0.6 is 11.6 Å². The van der Waals surface area contributed by atoms with E-state index in [4.69, 9.17) is 11.6 Å². The molecule has 0 aromatic carbocycles. The predicted octanol–water partition coefficient (Wildman–Crippen LogP) is 2.11. The fraction of sp³-hybridized carbons (Fsp3) is 0.667. The smallest absolute Gasteiger partial charge is 0.266 e. The van der Waals surface area contributed by atoms with Crippen molar-refractivity contribution in [2.75, 3.05) is 6.54 Å². The second-order valence-corrected chi connectivity index (χ2v) is 6.21. The summed E-state index contributed by atoms with van der Waals surface area (Å²) in [7, 11) is -4.32. The monoisotopic (exact) mass is 319 g/mol. The average molecular weight is 320 g/mol. The Morgan fingerprint density at radius 1 is 1.47 bits per heavy atom. The Hall–Kier alpha value is -0.800. The molecule has 0 fully saturated rings. The molecule has 19 heavy (non-hydrogen) atoms. The van der Waals surface area contributed by atoms with Crippen LogP contribution in [0, 0.1) is 0 Å². The first-order valence-corrected chi connectivity index (χ1v) is 7.24. The van der Waals surface area contributed by atoms with Crippen molar-refractivity contribution < 1.29 is 21.6 Å². The summed E-state index contributed by atoms with van der Waals surface area (Å²) in [6.07, 6.45) is -3.45. The lowest BCUT2D eigenvalue weighted by molar-refractivity contribution is -0.138. The molecule has 0 amide bonds. The minimum atomic E-state index is -4.63. The molecule has 1 heterocycles. The van der Waals surface area contributed by atoms with Crippen LogP contribution in [0.4, 0.5) is 13.2 Å². The lowest BCUT2D eigenvalue weighted by atomic mass is 10.4. The molecule has 0 bridgehead atoms. The standard InChI is InChI=1S/C9H13ClF3N3O2S/c1-6(2)16(5-9(11,12)13)19(17,18)8-7(3-10)4-14-15-8/h4,6H,3,5H2,1-2H3,(H,14,15). The van der Waals surface area contributed by atoms with E-state index in [1.54, 1.807) is 0 Å². The third-order valence-corrected chi connectivity index (χ3v) is 4.63. The van der Waals surface area contributed by atoms with Crippen molar-refractivity contribution in [1.82, 2.24) is 14.5 Å². The highest BCUT2D eigenvalue weighted by Gasteiger charge is 2.39. The van der Waals surface area contributed by atoms with E-state index in [0.29, 0.717) is 4.31 Å². The molecule has 5 nitrogen and oxygen atoms in total. The van der Waals surface area contributed by atoms with Gasteiger partial charge in [-0.1, -0.05) is 0 Å². The Labute approximate surface area is 113 Å². The van der Waals surface area contributed by atoms with E-state index in [9.17, 15) is 21.6 Å². The number of aromatic nitrogens is 2. The maximum atomic E-state index is 12.5. The highest BCUT2D eigenvalue weighted by atomic mass is 35.5. The number of rotatable bonds is 5. The molecule has 1 rings (SSSR count). The second kappa shape index (κ2) is 5.68. The van der Waals surface area contributed by atoms with Gasteiger partial charge >= 0.3 is 6.18 Å². The summed E-state index contributed by atoms with van der Waals surface area (Å²) >= 11 is 5.53. The van der Waals surface area contributed by atoms with Crippen LogP contribution in [-0.2, 0) is 15.9 Å². The predicted molar refractivity (Wildman–Crippen MR) is 63.2 cm³/mol. The summed E-state index contributed by atoms with van der Waals surface area (Å²) in [5.74, 6) is -0.164. The summed E-state index contributed by atoms with van der Waals surface area (Å²) in [5, 5.41) is 5.29. The van der Waals surface area contributed by atoms with Crippen molar-refractivity contribution in [3.8, 4) is 0 Å². The van der Waals surface area contributed by atoms with Gasteiger partial charge in [0, 0.05) is 11.6 Å². The minimum Gasteiger partial charge on any atom is -0.266 e. The molecule has 10 heteroatoms. The number of sulfonamides is 1. The maximum Gasteiger partial charge on any atom is 0.402 e. The van der Waals surface area contributed by atoms with Crippen molar-refractivity contribution in [1.29, 1.82) is 0 Å². The summed E-state index contributed by atoms with van der Waals surface area (Å²) in [6, 6.07) is -0.849. The van der Waals surface area contributed by atoms with E-state index in [1.165, 1.54) is 20.0 Å². The fourth-order valence-corrected chi connectivity index (χ4v) is 3.47. The molecule has 0 spiro atoms. The van der Waals surface area contributed by atoms with Gasteiger partial charge in [0.15, 0.2) is 5.03 Å². The van der Waals surface area contributed by atoms with Gasteiger partial charge in [-0.3, -0.25) is 5.10 Å². The van der Waals surface area contributed by atoms with Crippen LogP contribution in [0.15, 0.2) is 11.2 Å². The SMILES string of the molecule is CC(C)N(CC(F)(F)F)S(=O)(=O)c1[nH]ncc1CCl. The van der Waals surface area contributed by atoms with Crippen LogP contribution in [-0.4, -0.2) is 41.7 Å². The molecular weight excluding hydrogens is 307 g/mol. The zero-order chi connectivity index (χ0) is 14.8. The number of hydrogen-bond donors (Lipinski definition) is 1. The molecule has 110 valence electrons. The van der Waals surface area contributed by atoms with Gasteiger partial charge in [0.1, 0.15) is 6.54 Å². The molecule has 0 aliphatic heterocycles. The first kappa shape index (κ1) is 16.3. The lowest BCUT2D eigenvalue weighted by Gasteiger charge is -2.26. The van der Waals surface area contributed by atoms with Crippen LogP contribution < -0.4 is 0 Å². The molecule has 0 aliphatic carbocycles. The third kappa shape index (κ3) is 3.83. The molecule has 1 N–H and O–H groups in total. The van der Waals surface area contributed by atoms with Crippen molar-refractivity contribution in [3.63, 3.8) is 0 Å². The summed E-state index contributed by atoms with van der Waals surface area (Å²) < 4.78 is 62.1. The van der Waals surface area contributed by atoms with Gasteiger partial charge in [0.2, 0.25) is 0 Å². The Bertz CT molecular complexity index is 527. The van der Waals surface area contributed by atoms with E-state index < -0.39 is 33.8 Å². The van der Waals surface area contributed by atoms with Crippen LogP contribution in [0.5, 0.6) is 0 Å². The van der Waals surface area contributed by atoms with Crippen molar-refractivity contribution >= 4 is 21.6 Å². The van der Waals surface area contributed by atoms with Gasteiger partial charge in [0.25, 0.3) is 10.0 Å². The van der Waals surface area contributed by atoms with Crippen LogP contribution in [0.3, 0.4) is 0 Å². The Kier molecular flexibility index (Phi) is 4.86. The second-order valence-electron chi connectivity index (χ2n) is 4.12. The van der Waals surface area contributed by atoms with E-state index in [1.807, 2.05) is 0 Å². The van der Waals surface area contributed by atoms with Gasteiger partial charge in [-0.05, 0) is 13.8 Å². The third-order valence-electron chi connectivity index (χ3n) is 2.30. The van der Waals surface area contributed by atoms with Crippen LogP contribution in [0.1, 0.15) is 19.4 Å². The summed E-state index contributed by atoms with van der Waals surface area (Å²) in [5.41, 5.74) is 0.134. The molecule has 1 aromatic heterocycles. The van der Waals surface area contributed by atoms with Crippen molar-refractivity contribution in [2.24, 2.45) is 0 Å². The van der Waals surface area contributed by atoms with Gasteiger partial charge in [-0.15, -0.1) is 11.6 Å². The Morgan fingerprint density at radius 3 is 2.47 bits per heavy atom. The number of alkyl halides is 4. The summed E-state index contributed by atoms with van der Waals surface area (Å²) in [4.78, 5) is 0. The molecular formula is C9H13ClF3N3O2S. The van der Waals surface area contributed by atoms with E-state index >= 15 is 0 Å². The molecule has 0 unspecified atom stereocenters. The van der Waals surface area contributed by atoms with Gasteiger partial charge < -0.3 is 0 Å². The average Bonchev–Trinajstić information content (AvgIpc) is 2.72. The largest absolute Gasteiger partial charge is 0.402 e. The number of hydrogen-bond acceptors (Lipinski definition) is 3. The molecule has 0 saturated carbocycles. The minimum absolute atomic E-state index is 0.134. The lowest BCUT2D eigenvalue weighted by Crippen LogP contribution is -2.43. The first-order valence-electron chi connectivity index (χ1n) is 5.26. The van der Waals surface area contributed by atoms with Crippen molar-refractivity contribution in [2.45, 2.75) is 37.0 Å². The van der Waals surface area contributed by atoms with Gasteiger partial charge in [0.05, 0.1) is 12.1 Å². The highest BCUT2D eigenvalue weighted by Crippen LogP contribution is 2.25. The van der Waals surface area contributed by atoms with E-state index in [-0.39, 0.29) is 11.4 Å². The van der Waals surface area contributed by atoms with E-state index in [0.717, 1.165) is 0 Å². The molecule has 0 radical (unpaired) electrons. The molecule has 0 atom stereocenters. The normalized spacial score (nSPS) is 13.5. The molecule has 0 aliphatic rings. The quantitative estimate of drug-likeness (QED) is 0.845. The number of nitrogens with one attached hydrogen (secondary N) is 1. The van der Waals surface area contributed by atoms with Gasteiger partial charge in [-0.2, -0.15) is 22.6 Å². The number of H-pyrrole nitrogens is 1. The highest BCUT2D eigenvalue weighted by molar-refractivity contribution is 7.89. The number of nitrogens with zero attached hydrogens (tertiary/aromatic N) is 2. The van der Waals surface area contributed by atoms with Crippen LogP contribution in [0.2, 0.25) is 0 Å². The zero-order valence-electron chi connectivity index (χ0n) is 10.2. The van der Waals surface area contributed by atoms with Crippen LogP contribution in [0.25, 0.3) is 0 Å². The maximum absolute atomic E-state index is 12.5. The number of halogens is 4. The zero-order valence-corrected chi connectivity index (χ0v) is 11.8. The van der Waals surface area contributed by atoms with Gasteiger partial charge in [-0.25, -0.2) is 8.42 Å². The van der Waals surface area contributed by atoms with Crippen molar-refractivity contribution in [3.05, 3.63) is 11.8 Å². The Morgan fingerprint density at radius 2 is 2.05 bits per heavy atom.